The van der Waals surface area contributed by atoms with Gasteiger partial charge in [0.25, 0.3) is 0 Å². The fraction of sp³-hybridized carbons (Fsp3) is 0.333. The Labute approximate surface area is 126 Å². The molecule has 5 heteroatoms. The first-order chi connectivity index (χ1) is 9.52. The molecule has 0 aliphatic carbocycles. The molecule has 0 radical (unpaired) electrons. The standard InChI is InChI=1S/C15H16BrNO3/c1-3-10(2)11-4-6-12(7-5-11)15(16)13-8-9-14(20-13)17(18)19/h4-10,15H,3H2,1-2H3. The van der Waals surface area contributed by atoms with Crippen LogP contribution in [-0.4, -0.2) is 4.92 Å². The van der Waals surface area contributed by atoms with Crippen LogP contribution >= 0.6 is 15.9 Å². The van der Waals surface area contributed by atoms with Crippen molar-refractivity contribution >= 4 is 21.8 Å². The molecule has 0 saturated carbocycles. The summed E-state index contributed by atoms with van der Waals surface area (Å²) in [5.41, 5.74) is 2.31. The molecule has 2 unspecified atom stereocenters. The van der Waals surface area contributed by atoms with Crippen LogP contribution < -0.4 is 0 Å². The van der Waals surface area contributed by atoms with Gasteiger partial charge in [-0.25, -0.2) is 0 Å². The number of furan rings is 1. The third-order valence-corrected chi connectivity index (χ3v) is 4.43. The van der Waals surface area contributed by atoms with E-state index in [1.807, 2.05) is 12.1 Å². The summed E-state index contributed by atoms with van der Waals surface area (Å²) >= 11 is 3.52. The Morgan fingerprint density at radius 3 is 2.30 bits per heavy atom. The summed E-state index contributed by atoms with van der Waals surface area (Å²) in [5, 5.41) is 10.6. The first kappa shape index (κ1) is 14.8. The van der Waals surface area contributed by atoms with Gasteiger partial charge in [0.1, 0.15) is 10.7 Å². The maximum atomic E-state index is 10.6. The third kappa shape index (κ3) is 3.10. The summed E-state index contributed by atoms with van der Waals surface area (Å²) in [6, 6.07) is 11.2. The third-order valence-electron chi connectivity index (χ3n) is 3.45. The zero-order valence-electron chi connectivity index (χ0n) is 11.4. The summed E-state index contributed by atoms with van der Waals surface area (Å²) in [6.45, 7) is 4.35. The molecular weight excluding hydrogens is 322 g/mol. The molecule has 106 valence electrons. The Bertz CT molecular complexity index is 591. The molecule has 0 aliphatic rings. The lowest BCUT2D eigenvalue weighted by Gasteiger charge is -2.11. The van der Waals surface area contributed by atoms with Crippen molar-refractivity contribution < 1.29 is 9.34 Å². The molecule has 4 nitrogen and oxygen atoms in total. The molecule has 0 spiro atoms. The van der Waals surface area contributed by atoms with E-state index in [0.717, 1.165) is 12.0 Å². The Kier molecular flexibility index (Phi) is 4.60. The Hall–Kier alpha value is -1.62. The average Bonchev–Trinajstić information content (AvgIpc) is 2.96. The number of nitrogens with zero attached hydrogens (tertiary/aromatic N) is 1. The van der Waals surface area contributed by atoms with E-state index in [9.17, 15) is 10.1 Å². The van der Waals surface area contributed by atoms with Crippen LogP contribution in [0.4, 0.5) is 5.88 Å². The zero-order chi connectivity index (χ0) is 14.7. The minimum absolute atomic E-state index is 0.179. The fourth-order valence-corrected chi connectivity index (χ4v) is 2.52. The van der Waals surface area contributed by atoms with Crippen LogP contribution in [0.3, 0.4) is 0 Å². The molecule has 1 heterocycles. The summed E-state index contributed by atoms with van der Waals surface area (Å²) in [4.78, 5) is 9.91. The lowest BCUT2D eigenvalue weighted by atomic mass is 9.97. The maximum Gasteiger partial charge on any atom is 0.433 e. The Morgan fingerprint density at radius 1 is 1.20 bits per heavy atom. The summed E-state index contributed by atoms with van der Waals surface area (Å²) < 4.78 is 5.21. The minimum Gasteiger partial charge on any atom is -0.404 e. The van der Waals surface area contributed by atoms with Crippen LogP contribution in [0.2, 0.25) is 0 Å². The monoisotopic (exact) mass is 337 g/mol. The molecule has 0 saturated heterocycles. The van der Waals surface area contributed by atoms with Gasteiger partial charge in [-0.3, -0.25) is 10.1 Å². The van der Waals surface area contributed by atoms with E-state index in [4.69, 9.17) is 4.42 Å². The Balaban J connectivity index is 2.19. The van der Waals surface area contributed by atoms with E-state index in [0.29, 0.717) is 11.7 Å². The second-order valence-corrected chi connectivity index (χ2v) is 5.69. The van der Waals surface area contributed by atoms with Gasteiger partial charge in [0, 0.05) is 0 Å². The van der Waals surface area contributed by atoms with Crippen LogP contribution in [-0.2, 0) is 0 Å². The summed E-state index contributed by atoms with van der Waals surface area (Å²) in [5.74, 6) is 0.830. The smallest absolute Gasteiger partial charge is 0.404 e. The molecule has 0 aliphatic heterocycles. The van der Waals surface area contributed by atoms with Gasteiger partial charge in [0.05, 0.1) is 10.9 Å². The van der Waals surface area contributed by atoms with E-state index >= 15 is 0 Å². The number of hydrogen-bond donors (Lipinski definition) is 0. The molecule has 2 rings (SSSR count). The highest BCUT2D eigenvalue weighted by atomic mass is 79.9. The molecular formula is C15H16BrNO3. The van der Waals surface area contributed by atoms with Crippen molar-refractivity contribution in [3.05, 3.63) is 63.4 Å². The van der Waals surface area contributed by atoms with E-state index in [-0.39, 0.29) is 10.7 Å². The zero-order valence-corrected chi connectivity index (χ0v) is 13.0. The van der Waals surface area contributed by atoms with Gasteiger partial charge < -0.3 is 4.42 Å². The molecule has 20 heavy (non-hydrogen) atoms. The van der Waals surface area contributed by atoms with Crippen LogP contribution in [0.25, 0.3) is 0 Å². The predicted octanol–water partition coefficient (Wildman–Crippen LogP) is 5.19. The number of benzene rings is 1. The molecule has 0 fully saturated rings. The van der Waals surface area contributed by atoms with Gasteiger partial charge in [0.15, 0.2) is 0 Å². The first-order valence-electron chi connectivity index (χ1n) is 6.51. The van der Waals surface area contributed by atoms with Gasteiger partial charge in [-0.15, -0.1) is 0 Å². The molecule has 0 bridgehead atoms. The minimum atomic E-state index is -0.532. The van der Waals surface area contributed by atoms with Crippen LogP contribution in [0.5, 0.6) is 0 Å². The van der Waals surface area contributed by atoms with Gasteiger partial charge in [-0.05, 0) is 29.5 Å². The quantitative estimate of drug-likeness (QED) is 0.428. The fourth-order valence-electron chi connectivity index (χ4n) is 1.97. The number of hydrogen-bond acceptors (Lipinski definition) is 3. The largest absolute Gasteiger partial charge is 0.433 e. The van der Waals surface area contributed by atoms with E-state index < -0.39 is 4.92 Å². The van der Waals surface area contributed by atoms with Crippen LogP contribution in [0, 0.1) is 10.1 Å². The maximum absolute atomic E-state index is 10.6. The molecule has 0 amide bonds. The van der Waals surface area contributed by atoms with Crippen molar-refractivity contribution in [2.45, 2.75) is 31.0 Å². The van der Waals surface area contributed by atoms with Crippen molar-refractivity contribution in [2.75, 3.05) is 0 Å². The second kappa shape index (κ2) is 6.22. The molecule has 2 aromatic rings. The highest BCUT2D eigenvalue weighted by Crippen LogP contribution is 2.34. The highest BCUT2D eigenvalue weighted by molar-refractivity contribution is 9.09. The first-order valence-corrected chi connectivity index (χ1v) is 7.42. The second-order valence-electron chi connectivity index (χ2n) is 4.77. The lowest BCUT2D eigenvalue weighted by Crippen LogP contribution is -1.94. The highest BCUT2D eigenvalue weighted by Gasteiger charge is 2.19. The van der Waals surface area contributed by atoms with Gasteiger partial charge in [0.2, 0.25) is 0 Å². The van der Waals surface area contributed by atoms with Crippen LogP contribution in [0.15, 0.2) is 40.8 Å². The molecule has 0 N–H and O–H groups in total. The van der Waals surface area contributed by atoms with Crippen molar-refractivity contribution in [3.63, 3.8) is 0 Å². The van der Waals surface area contributed by atoms with Gasteiger partial charge in [-0.2, -0.15) is 0 Å². The molecule has 1 aromatic carbocycles. The van der Waals surface area contributed by atoms with Crippen molar-refractivity contribution in [3.8, 4) is 0 Å². The van der Waals surface area contributed by atoms with Crippen molar-refractivity contribution in [1.29, 1.82) is 0 Å². The van der Waals surface area contributed by atoms with Gasteiger partial charge in [-0.1, -0.05) is 54.0 Å². The number of halogens is 1. The predicted molar refractivity (Wildman–Crippen MR) is 81.3 cm³/mol. The average molecular weight is 338 g/mol. The lowest BCUT2D eigenvalue weighted by molar-refractivity contribution is -0.402. The number of nitro groups is 1. The van der Waals surface area contributed by atoms with E-state index in [2.05, 4.69) is 41.9 Å². The number of rotatable bonds is 5. The van der Waals surface area contributed by atoms with Gasteiger partial charge >= 0.3 is 5.88 Å². The van der Waals surface area contributed by atoms with E-state index in [1.165, 1.54) is 11.6 Å². The van der Waals surface area contributed by atoms with Crippen molar-refractivity contribution in [1.82, 2.24) is 0 Å². The SMILES string of the molecule is CCC(C)c1ccc(C(Br)c2ccc([N+](=O)[O-])o2)cc1. The molecule has 1 aromatic heterocycles. The molecule has 2 atom stereocenters. The topological polar surface area (TPSA) is 56.3 Å². The summed E-state index contributed by atoms with van der Waals surface area (Å²) in [7, 11) is 0. The Morgan fingerprint density at radius 2 is 1.80 bits per heavy atom. The summed E-state index contributed by atoms with van der Waals surface area (Å²) in [6.07, 6.45) is 1.10. The van der Waals surface area contributed by atoms with E-state index in [1.54, 1.807) is 6.07 Å². The van der Waals surface area contributed by atoms with Crippen LogP contribution in [0.1, 0.15) is 47.9 Å². The number of alkyl halides is 1. The van der Waals surface area contributed by atoms with Crippen molar-refractivity contribution in [2.24, 2.45) is 0 Å². The normalized spacial score (nSPS) is 13.9.